The molecule has 0 aliphatic rings. The Bertz CT molecular complexity index is 982. The normalized spacial score (nSPS) is 13.6. The highest BCUT2D eigenvalue weighted by molar-refractivity contribution is 7.92. The average Bonchev–Trinajstić information content (AvgIpc) is 2.62. The van der Waals surface area contributed by atoms with Gasteiger partial charge in [0, 0.05) is 0 Å². The Kier molecular flexibility index (Phi) is 7.11. The minimum absolute atomic E-state index is 0.227. The van der Waals surface area contributed by atoms with Crippen molar-refractivity contribution in [2.24, 2.45) is 0 Å². The predicted molar refractivity (Wildman–Crippen MR) is 120 cm³/mol. The Morgan fingerprint density at radius 2 is 1.55 bits per heavy atom. The molecule has 0 saturated heterocycles. The van der Waals surface area contributed by atoms with Crippen LogP contribution >= 0.6 is 0 Å². The maximum Gasteiger partial charge on any atom is 0.244 e. The lowest BCUT2D eigenvalue weighted by Crippen LogP contribution is -2.49. The summed E-state index contributed by atoms with van der Waals surface area (Å²) in [6.45, 7) is 11.8. The van der Waals surface area contributed by atoms with Gasteiger partial charge in [0.15, 0.2) is 0 Å². The molecule has 0 radical (unpaired) electrons. The van der Waals surface area contributed by atoms with E-state index in [1.165, 1.54) is 9.87 Å². The third kappa shape index (κ3) is 5.38. The van der Waals surface area contributed by atoms with Gasteiger partial charge >= 0.3 is 0 Å². The number of sulfonamides is 1. The zero-order valence-corrected chi connectivity index (χ0v) is 19.2. The van der Waals surface area contributed by atoms with Crippen LogP contribution in [0.1, 0.15) is 54.1 Å². The second-order valence-corrected chi connectivity index (χ2v) is 9.70. The van der Waals surface area contributed by atoms with Crippen molar-refractivity contribution in [3.05, 3.63) is 64.2 Å². The second-order valence-electron chi connectivity index (χ2n) is 7.84. The Labute approximate surface area is 175 Å². The lowest BCUT2D eigenvalue weighted by Gasteiger charge is -2.31. The third-order valence-electron chi connectivity index (χ3n) is 5.33. The summed E-state index contributed by atoms with van der Waals surface area (Å²) in [5.41, 5.74) is 6.04. The third-order valence-corrected chi connectivity index (χ3v) is 6.51. The Morgan fingerprint density at radius 1 is 1.00 bits per heavy atom. The van der Waals surface area contributed by atoms with Gasteiger partial charge in [-0.2, -0.15) is 0 Å². The minimum Gasteiger partial charge on any atom is -0.348 e. The summed E-state index contributed by atoms with van der Waals surface area (Å²) in [6.07, 6.45) is 1.51. The Balaban J connectivity index is 2.34. The molecule has 1 N–H and O–H groups in total. The highest BCUT2D eigenvalue weighted by atomic mass is 32.2. The van der Waals surface area contributed by atoms with Crippen LogP contribution in [0.3, 0.4) is 0 Å². The summed E-state index contributed by atoms with van der Waals surface area (Å²) >= 11 is 0. The van der Waals surface area contributed by atoms with Crippen LogP contribution in [0.5, 0.6) is 0 Å². The fourth-order valence-electron chi connectivity index (χ4n) is 3.59. The van der Waals surface area contributed by atoms with Crippen LogP contribution in [0.2, 0.25) is 0 Å². The fourth-order valence-corrected chi connectivity index (χ4v) is 4.80. The number of carbonyl (C=O) groups is 1. The van der Waals surface area contributed by atoms with Crippen molar-refractivity contribution >= 4 is 21.6 Å². The molecule has 1 amide bonds. The van der Waals surface area contributed by atoms with Crippen LogP contribution in [0.15, 0.2) is 36.4 Å². The van der Waals surface area contributed by atoms with Gasteiger partial charge in [-0.1, -0.05) is 36.8 Å². The molecule has 0 saturated carbocycles. The zero-order valence-electron chi connectivity index (χ0n) is 18.4. The monoisotopic (exact) mass is 416 g/mol. The number of amides is 1. The number of rotatable bonds is 7. The summed E-state index contributed by atoms with van der Waals surface area (Å²) in [6, 6.07) is 10.3. The Morgan fingerprint density at radius 3 is 2.07 bits per heavy atom. The van der Waals surface area contributed by atoms with Crippen LogP contribution < -0.4 is 9.62 Å². The number of nitrogens with zero attached hydrogens (tertiary/aromatic N) is 1. The lowest BCUT2D eigenvalue weighted by atomic mass is 9.96. The van der Waals surface area contributed by atoms with Gasteiger partial charge in [0.2, 0.25) is 15.9 Å². The summed E-state index contributed by atoms with van der Waals surface area (Å²) in [5, 5.41) is 3.02. The van der Waals surface area contributed by atoms with Gasteiger partial charge in [0.25, 0.3) is 0 Å². The quantitative estimate of drug-likeness (QED) is 0.730. The summed E-state index contributed by atoms with van der Waals surface area (Å²) in [4.78, 5) is 13.1. The van der Waals surface area contributed by atoms with E-state index in [-0.39, 0.29) is 11.9 Å². The van der Waals surface area contributed by atoms with E-state index >= 15 is 0 Å². The van der Waals surface area contributed by atoms with Crippen molar-refractivity contribution in [3.8, 4) is 0 Å². The van der Waals surface area contributed by atoms with Gasteiger partial charge in [0.05, 0.1) is 18.0 Å². The van der Waals surface area contributed by atoms with Crippen molar-refractivity contribution < 1.29 is 13.2 Å². The second kappa shape index (κ2) is 8.99. The highest BCUT2D eigenvalue weighted by Gasteiger charge is 2.32. The number of aryl methyl sites for hydroxylation is 4. The molecule has 2 rings (SSSR count). The van der Waals surface area contributed by atoms with E-state index in [0.29, 0.717) is 12.1 Å². The van der Waals surface area contributed by atoms with Crippen LogP contribution in [-0.4, -0.2) is 26.6 Å². The van der Waals surface area contributed by atoms with E-state index in [1.54, 1.807) is 12.1 Å². The predicted octanol–water partition coefficient (Wildman–Crippen LogP) is 4.34. The van der Waals surface area contributed by atoms with Crippen LogP contribution in [0, 0.1) is 27.7 Å². The van der Waals surface area contributed by atoms with Crippen molar-refractivity contribution in [2.45, 2.75) is 60.0 Å². The van der Waals surface area contributed by atoms with Gasteiger partial charge in [0.1, 0.15) is 6.04 Å². The first kappa shape index (κ1) is 22.9. The summed E-state index contributed by atoms with van der Waals surface area (Å²) in [5.74, 6) is -0.302. The molecule has 5 nitrogen and oxygen atoms in total. The summed E-state index contributed by atoms with van der Waals surface area (Å²) < 4.78 is 26.3. The molecule has 0 aliphatic heterocycles. The minimum atomic E-state index is -3.64. The SMILES string of the molecule is CC[C@H](C(=O)N[C@H](C)c1cc(C)c(C)cc1C)N(c1ccc(C)cc1)S(C)(=O)=O. The molecule has 6 heteroatoms. The first-order valence-corrected chi connectivity index (χ1v) is 11.7. The number of benzene rings is 2. The Hall–Kier alpha value is -2.34. The first-order chi connectivity index (χ1) is 13.5. The highest BCUT2D eigenvalue weighted by Crippen LogP contribution is 2.25. The molecule has 0 bridgehead atoms. The van der Waals surface area contributed by atoms with E-state index in [1.807, 2.05) is 46.8 Å². The van der Waals surface area contributed by atoms with E-state index in [0.717, 1.165) is 28.5 Å². The van der Waals surface area contributed by atoms with Gasteiger partial charge in [-0.05, 0) is 75.4 Å². The molecule has 2 atom stereocenters. The number of nitrogens with one attached hydrogen (secondary N) is 1. The topological polar surface area (TPSA) is 66.5 Å². The molecule has 2 aromatic rings. The lowest BCUT2D eigenvalue weighted by molar-refractivity contribution is -0.122. The number of carbonyl (C=O) groups excluding carboxylic acids is 1. The fraction of sp³-hybridized carbons (Fsp3) is 0.435. The van der Waals surface area contributed by atoms with Crippen molar-refractivity contribution in [1.82, 2.24) is 5.32 Å². The molecule has 0 fully saturated rings. The van der Waals surface area contributed by atoms with Crippen LogP contribution in [-0.2, 0) is 14.8 Å². The van der Waals surface area contributed by atoms with Crippen molar-refractivity contribution in [3.63, 3.8) is 0 Å². The van der Waals surface area contributed by atoms with Crippen molar-refractivity contribution in [1.29, 1.82) is 0 Å². The van der Waals surface area contributed by atoms with Crippen LogP contribution in [0.25, 0.3) is 0 Å². The number of hydrogen-bond donors (Lipinski definition) is 1. The maximum absolute atomic E-state index is 13.1. The molecular weight excluding hydrogens is 384 g/mol. The van der Waals surface area contributed by atoms with Crippen LogP contribution in [0.4, 0.5) is 5.69 Å². The maximum atomic E-state index is 13.1. The van der Waals surface area contributed by atoms with E-state index in [4.69, 9.17) is 0 Å². The summed E-state index contributed by atoms with van der Waals surface area (Å²) in [7, 11) is -3.64. The number of anilines is 1. The van der Waals surface area contributed by atoms with Gasteiger partial charge < -0.3 is 5.32 Å². The molecule has 29 heavy (non-hydrogen) atoms. The molecule has 0 spiro atoms. The largest absolute Gasteiger partial charge is 0.348 e. The van der Waals surface area contributed by atoms with E-state index in [2.05, 4.69) is 24.4 Å². The van der Waals surface area contributed by atoms with E-state index < -0.39 is 16.1 Å². The smallest absolute Gasteiger partial charge is 0.244 e. The van der Waals surface area contributed by atoms with Crippen molar-refractivity contribution in [2.75, 3.05) is 10.6 Å². The standard InChI is InChI=1S/C23H32N2O3S/c1-8-22(25(29(7,27)28)20-11-9-15(2)10-12-20)23(26)24-19(6)21-14-17(4)16(3)13-18(21)5/h9-14,19,22H,8H2,1-7H3,(H,24,26)/t19-,22-/m1/s1. The molecule has 0 aliphatic carbocycles. The molecule has 158 valence electrons. The molecule has 2 aromatic carbocycles. The van der Waals surface area contributed by atoms with Gasteiger partial charge in [-0.15, -0.1) is 0 Å². The zero-order chi connectivity index (χ0) is 21.9. The number of hydrogen-bond acceptors (Lipinski definition) is 3. The molecular formula is C23H32N2O3S. The molecule has 0 aromatic heterocycles. The first-order valence-electron chi connectivity index (χ1n) is 9.89. The molecule has 0 unspecified atom stereocenters. The van der Waals surface area contributed by atoms with E-state index in [9.17, 15) is 13.2 Å². The van der Waals surface area contributed by atoms with Gasteiger partial charge in [-0.25, -0.2) is 8.42 Å². The average molecular weight is 417 g/mol. The molecule has 0 heterocycles. The van der Waals surface area contributed by atoms with Gasteiger partial charge in [-0.3, -0.25) is 9.10 Å².